The molecule has 0 aliphatic heterocycles. The number of hydrogen-bond acceptors (Lipinski definition) is 4. The molecule has 3 N–H and O–H groups in total. The van der Waals surface area contributed by atoms with Crippen molar-refractivity contribution in [3.05, 3.63) is 23.8 Å². The number of benzene rings is 1. The van der Waals surface area contributed by atoms with Crippen LogP contribution in [0.15, 0.2) is 18.2 Å². The van der Waals surface area contributed by atoms with Crippen molar-refractivity contribution in [1.82, 2.24) is 5.32 Å². The first kappa shape index (κ1) is 16.3. The predicted molar refractivity (Wildman–Crippen MR) is 80.1 cm³/mol. The van der Waals surface area contributed by atoms with Crippen molar-refractivity contribution < 1.29 is 14.3 Å². The Balaban J connectivity index is 2.42. The third-order valence-corrected chi connectivity index (χ3v) is 2.68. The van der Waals surface area contributed by atoms with Crippen LogP contribution < -0.4 is 15.8 Å². The van der Waals surface area contributed by atoms with Crippen molar-refractivity contribution in [2.75, 3.05) is 32.1 Å². The quantitative estimate of drug-likeness (QED) is 0.537. The fraction of sp³-hybridized carbons (Fsp3) is 0.533. The standard InChI is InChI=1S/C15H24N2O3/c1-3-5-7-19-8-6-17-15(18)12-9-13(16)11-14(10-12)20-4-2/h9-11H,3-8,16H2,1-2H3,(H,17,18). The maximum Gasteiger partial charge on any atom is 0.251 e. The number of rotatable bonds is 9. The summed E-state index contributed by atoms with van der Waals surface area (Å²) < 4.78 is 10.7. The maximum absolute atomic E-state index is 12.0. The smallest absolute Gasteiger partial charge is 0.251 e. The molecule has 112 valence electrons. The van der Waals surface area contributed by atoms with Crippen LogP contribution in [0.5, 0.6) is 5.75 Å². The molecule has 0 aliphatic rings. The second-order valence-corrected chi connectivity index (χ2v) is 4.45. The SMILES string of the molecule is CCCCOCCNC(=O)c1cc(N)cc(OCC)c1. The van der Waals surface area contributed by atoms with Gasteiger partial charge in [0.05, 0.1) is 13.2 Å². The number of amides is 1. The van der Waals surface area contributed by atoms with E-state index in [0.717, 1.165) is 19.4 Å². The van der Waals surface area contributed by atoms with Gasteiger partial charge >= 0.3 is 0 Å². The molecule has 0 spiro atoms. The molecule has 5 heteroatoms. The summed E-state index contributed by atoms with van der Waals surface area (Å²) in [4.78, 5) is 12.0. The van der Waals surface area contributed by atoms with E-state index in [-0.39, 0.29) is 5.91 Å². The van der Waals surface area contributed by atoms with Crippen LogP contribution in [0.3, 0.4) is 0 Å². The van der Waals surface area contributed by atoms with Crippen LogP contribution >= 0.6 is 0 Å². The number of ether oxygens (including phenoxy) is 2. The molecule has 0 heterocycles. The number of hydrogen-bond donors (Lipinski definition) is 2. The molecule has 0 bridgehead atoms. The van der Waals surface area contributed by atoms with Gasteiger partial charge in [-0.15, -0.1) is 0 Å². The summed E-state index contributed by atoms with van der Waals surface area (Å²) in [7, 11) is 0. The van der Waals surface area contributed by atoms with E-state index < -0.39 is 0 Å². The second kappa shape index (κ2) is 9.20. The minimum absolute atomic E-state index is 0.169. The molecule has 0 saturated carbocycles. The van der Waals surface area contributed by atoms with Crippen molar-refractivity contribution in [1.29, 1.82) is 0 Å². The maximum atomic E-state index is 12.0. The second-order valence-electron chi connectivity index (χ2n) is 4.45. The molecule has 0 fully saturated rings. The van der Waals surface area contributed by atoms with Crippen molar-refractivity contribution in [3.8, 4) is 5.75 Å². The molecule has 0 unspecified atom stereocenters. The van der Waals surface area contributed by atoms with Gasteiger partial charge in [-0.05, 0) is 25.5 Å². The van der Waals surface area contributed by atoms with Crippen LogP contribution in [0, 0.1) is 0 Å². The third-order valence-electron chi connectivity index (χ3n) is 2.68. The Labute approximate surface area is 120 Å². The summed E-state index contributed by atoms with van der Waals surface area (Å²) in [5, 5.41) is 2.80. The number of unbranched alkanes of at least 4 members (excludes halogenated alkanes) is 1. The fourth-order valence-corrected chi connectivity index (χ4v) is 1.69. The van der Waals surface area contributed by atoms with E-state index in [0.29, 0.717) is 36.8 Å². The van der Waals surface area contributed by atoms with E-state index in [1.54, 1.807) is 18.2 Å². The Hall–Kier alpha value is -1.75. The summed E-state index contributed by atoms with van der Waals surface area (Å²) in [6, 6.07) is 5.02. The van der Waals surface area contributed by atoms with Crippen LogP contribution in [0.4, 0.5) is 5.69 Å². The number of nitrogens with one attached hydrogen (secondary N) is 1. The van der Waals surface area contributed by atoms with Gasteiger partial charge in [-0.2, -0.15) is 0 Å². The lowest BCUT2D eigenvalue weighted by molar-refractivity contribution is 0.0912. The van der Waals surface area contributed by atoms with E-state index in [1.807, 2.05) is 6.92 Å². The molecule has 0 atom stereocenters. The molecule has 20 heavy (non-hydrogen) atoms. The Morgan fingerprint density at radius 3 is 2.75 bits per heavy atom. The number of nitrogen functional groups attached to an aromatic ring is 1. The molecule has 5 nitrogen and oxygen atoms in total. The molecule has 0 radical (unpaired) electrons. The zero-order valence-electron chi connectivity index (χ0n) is 12.3. The number of anilines is 1. The van der Waals surface area contributed by atoms with Gasteiger partial charge in [0.1, 0.15) is 5.75 Å². The van der Waals surface area contributed by atoms with Gasteiger partial charge in [0.2, 0.25) is 0 Å². The van der Waals surface area contributed by atoms with Crippen LogP contribution in [0.25, 0.3) is 0 Å². The number of nitrogens with two attached hydrogens (primary N) is 1. The van der Waals surface area contributed by atoms with Gasteiger partial charge in [-0.1, -0.05) is 13.3 Å². The highest BCUT2D eigenvalue weighted by Gasteiger charge is 2.08. The van der Waals surface area contributed by atoms with E-state index in [1.165, 1.54) is 0 Å². The molecule has 1 aromatic rings. The van der Waals surface area contributed by atoms with Crippen LogP contribution in [-0.4, -0.2) is 32.3 Å². The van der Waals surface area contributed by atoms with Crippen molar-refractivity contribution in [2.45, 2.75) is 26.7 Å². The van der Waals surface area contributed by atoms with Gasteiger partial charge in [0, 0.05) is 30.5 Å². The average molecular weight is 280 g/mol. The molecule has 0 aromatic heterocycles. The summed E-state index contributed by atoms with van der Waals surface area (Å²) in [6.07, 6.45) is 2.15. The lowest BCUT2D eigenvalue weighted by Crippen LogP contribution is -2.27. The molecule has 0 saturated heterocycles. The highest BCUT2D eigenvalue weighted by Crippen LogP contribution is 2.18. The predicted octanol–water partition coefficient (Wildman–Crippen LogP) is 2.21. The van der Waals surface area contributed by atoms with Gasteiger partial charge < -0.3 is 20.5 Å². The molecule has 1 rings (SSSR count). The topological polar surface area (TPSA) is 73.6 Å². The largest absolute Gasteiger partial charge is 0.494 e. The van der Waals surface area contributed by atoms with Gasteiger partial charge in [-0.3, -0.25) is 4.79 Å². The summed E-state index contributed by atoms with van der Waals surface area (Å²) in [5.74, 6) is 0.439. The van der Waals surface area contributed by atoms with E-state index in [9.17, 15) is 4.79 Å². The van der Waals surface area contributed by atoms with Gasteiger partial charge in [-0.25, -0.2) is 0 Å². The highest BCUT2D eigenvalue weighted by molar-refractivity contribution is 5.95. The number of carbonyl (C=O) groups excluding carboxylic acids is 1. The number of carbonyl (C=O) groups is 1. The Morgan fingerprint density at radius 1 is 1.25 bits per heavy atom. The highest BCUT2D eigenvalue weighted by atomic mass is 16.5. The third kappa shape index (κ3) is 5.93. The molecular formula is C15H24N2O3. The van der Waals surface area contributed by atoms with E-state index in [2.05, 4.69) is 12.2 Å². The minimum Gasteiger partial charge on any atom is -0.494 e. The average Bonchev–Trinajstić information content (AvgIpc) is 2.42. The Bertz CT molecular complexity index is 422. The van der Waals surface area contributed by atoms with Crippen LogP contribution in [0.1, 0.15) is 37.0 Å². The first-order valence-electron chi connectivity index (χ1n) is 7.06. The Kier molecular flexibility index (Phi) is 7.50. The van der Waals surface area contributed by atoms with Crippen molar-refractivity contribution >= 4 is 11.6 Å². The monoisotopic (exact) mass is 280 g/mol. The van der Waals surface area contributed by atoms with Crippen LogP contribution in [-0.2, 0) is 4.74 Å². The fourth-order valence-electron chi connectivity index (χ4n) is 1.69. The lowest BCUT2D eigenvalue weighted by Gasteiger charge is -2.09. The molecular weight excluding hydrogens is 256 g/mol. The zero-order chi connectivity index (χ0) is 14.8. The normalized spacial score (nSPS) is 10.3. The van der Waals surface area contributed by atoms with Gasteiger partial charge in [0.15, 0.2) is 0 Å². The van der Waals surface area contributed by atoms with E-state index in [4.69, 9.17) is 15.2 Å². The van der Waals surface area contributed by atoms with Crippen molar-refractivity contribution in [2.24, 2.45) is 0 Å². The first-order valence-corrected chi connectivity index (χ1v) is 7.06. The molecule has 1 amide bonds. The lowest BCUT2D eigenvalue weighted by atomic mass is 10.1. The summed E-state index contributed by atoms with van der Waals surface area (Å²) in [5.41, 5.74) is 6.77. The minimum atomic E-state index is -0.169. The zero-order valence-corrected chi connectivity index (χ0v) is 12.3. The summed E-state index contributed by atoms with van der Waals surface area (Å²) >= 11 is 0. The van der Waals surface area contributed by atoms with E-state index >= 15 is 0 Å². The first-order chi connectivity index (χ1) is 9.67. The molecule has 1 aromatic carbocycles. The van der Waals surface area contributed by atoms with Crippen molar-refractivity contribution in [3.63, 3.8) is 0 Å². The van der Waals surface area contributed by atoms with Crippen LogP contribution in [0.2, 0.25) is 0 Å². The molecule has 0 aliphatic carbocycles. The van der Waals surface area contributed by atoms with Gasteiger partial charge in [0.25, 0.3) is 5.91 Å². The summed E-state index contributed by atoms with van der Waals surface area (Å²) in [6.45, 7) is 6.28. The Morgan fingerprint density at radius 2 is 2.05 bits per heavy atom.